The number of halogens is 4. The van der Waals surface area contributed by atoms with Crippen LogP contribution in [0.2, 0.25) is 0 Å². The van der Waals surface area contributed by atoms with Gasteiger partial charge < -0.3 is 29.2 Å². The largest absolute Gasteiger partial charge is 1.00 e. The number of hydrogen-bond acceptors (Lipinski definition) is 11. The first-order chi connectivity index (χ1) is 35.1. The Kier molecular flexibility index (Phi) is 17.8. The zero-order valence-corrected chi connectivity index (χ0v) is 46.5. The molecule has 0 radical (unpaired) electrons. The van der Waals surface area contributed by atoms with Gasteiger partial charge in [0.2, 0.25) is 0 Å². The molecular weight excluding hydrogens is 1050 g/mol. The van der Waals surface area contributed by atoms with E-state index in [2.05, 4.69) is 89.7 Å². The molecule has 3 unspecified atom stereocenters. The second kappa shape index (κ2) is 22.9. The Morgan fingerprint density at radius 3 is 1.03 bits per heavy atom. The number of hydrogen-bond donors (Lipinski definition) is 3. The second-order valence-electron chi connectivity index (χ2n) is 19.1. The molecule has 386 valence electrons. The molecule has 0 saturated heterocycles. The Hall–Kier alpha value is -4.77. The van der Waals surface area contributed by atoms with Crippen LogP contribution < -0.4 is 59.1 Å². The monoisotopic (exact) mass is 1100 g/mol. The van der Waals surface area contributed by atoms with Gasteiger partial charge in [-0.3, -0.25) is 4.79 Å². The SMILES string of the molecule is O=C(O)C(F)(F)S(=O)(=O)[O-].O=C(O)C1CC2c3ccccc3C1c1ccccc12.O=C(OCC1CC2c3ccccc3C1c1ccccc12)C(F)(F)S(=O)(=O)[O-].OCC1CC2c3ccccc3C1c1ccccc12.[Na+].[Na+]. The number of carboxylic acid groups (broad SMARTS) is 2. The van der Waals surface area contributed by atoms with E-state index in [1.165, 1.54) is 44.5 Å². The summed E-state index contributed by atoms with van der Waals surface area (Å²) in [6.07, 6.45) is 2.41. The molecule has 13 nitrogen and oxygen atoms in total. The molecule has 0 fully saturated rings. The van der Waals surface area contributed by atoms with E-state index in [-0.39, 0.29) is 101 Å². The van der Waals surface area contributed by atoms with Gasteiger partial charge in [0.25, 0.3) is 0 Å². The number of aliphatic carboxylic acids is 2. The van der Waals surface area contributed by atoms with Crippen LogP contribution in [-0.4, -0.2) is 82.9 Å². The van der Waals surface area contributed by atoms with Gasteiger partial charge in [0.05, 0.1) is 12.5 Å². The second-order valence-corrected chi connectivity index (χ2v) is 21.9. The van der Waals surface area contributed by atoms with Crippen LogP contribution >= 0.6 is 0 Å². The number of aliphatic hydroxyl groups excluding tert-OH is 1. The summed E-state index contributed by atoms with van der Waals surface area (Å²) in [7, 11) is -12.2. The van der Waals surface area contributed by atoms with Crippen molar-refractivity contribution in [1.82, 2.24) is 0 Å². The van der Waals surface area contributed by atoms with Crippen molar-refractivity contribution < 1.29 is 137 Å². The van der Waals surface area contributed by atoms with E-state index < -0.39 is 48.7 Å². The maximum absolute atomic E-state index is 13.4. The number of fused-ring (bicyclic) bond motifs is 3. The minimum atomic E-state index is -6.12. The maximum Gasteiger partial charge on any atom is 1.00 e. The van der Waals surface area contributed by atoms with E-state index in [1.54, 1.807) is 0 Å². The van der Waals surface area contributed by atoms with Crippen molar-refractivity contribution in [3.8, 4) is 0 Å². The van der Waals surface area contributed by atoms with Crippen LogP contribution in [0.3, 0.4) is 0 Å². The number of carbonyl (C=O) groups is 3. The number of rotatable bonds is 8. The average molecular weight is 1100 g/mol. The number of alkyl halides is 4. The van der Waals surface area contributed by atoms with Crippen LogP contribution in [0.4, 0.5) is 17.6 Å². The van der Waals surface area contributed by atoms with Crippen molar-refractivity contribution in [2.24, 2.45) is 17.8 Å². The summed E-state index contributed by atoms with van der Waals surface area (Å²) >= 11 is 0. The Morgan fingerprint density at radius 1 is 0.474 bits per heavy atom. The van der Waals surface area contributed by atoms with Gasteiger partial charge in [-0.05, 0) is 91.9 Å². The van der Waals surface area contributed by atoms with Gasteiger partial charge in [-0.15, -0.1) is 0 Å². The number of esters is 1. The molecule has 21 heteroatoms. The normalized spacial score (nSPS) is 23.3. The first kappa shape index (κ1) is 58.9. The van der Waals surface area contributed by atoms with Crippen molar-refractivity contribution in [2.75, 3.05) is 13.2 Å². The van der Waals surface area contributed by atoms with Gasteiger partial charge in [0, 0.05) is 48.0 Å². The molecule has 6 aromatic carbocycles. The van der Waals surface area contributed by atoms with E-state index >= 15 is 0 Å². The third-order valence-corrected chi connectivity index (χ3v) is 16.8. The molecule has 3 atom stereocenters. The van der Waals surface area contributed by atoms with Gasteiger partial charge in [-0.2, -0.15) is 17.6 Å². The maximum atomic E-state index is 13.4. The molecule has 9 aliphatic carbocycles. The van der Waals surface area contributed by atoms with E-state index in [0.29, 0.717) is 30.8 Å². The van der Waals surface area contributed by atoms with Gasteiger partial charge in [-0.25, -0.2) is 26.4 Å². The fourth-order valence-electron chi connectivity index (χ4n) is 12.2. The Bertz CT molecular complexity index is 3270. The van der Waals surface area contributed by atoms with Crippen LogP contribution in [0.15, 0.2) is 146 Å². The molecule has 0 heterocycles. The number of carbonyl (C=O) groups excluding carboxylic acids is 1. The van der Waals surface area contributed by atoms with Crippen LogP contribution in [0.5, 0.6) is 0 Å². The molecule has 76 heavy (non-hydrogen) atoms. The summed E-state index contributed by atoms with van der Waals surface area (Å²) in [6, 6.07) is 49.8. The fraction of sp³-hybridized carbons (Fsp3) is 0.291. The van der Waals surface area contributed by atoms with Crippen molar-refractivity contribution in [2.45, 2.75) is 65.3 Å². The molecule has 0 amide bonds. The molecule has 9 aliphatic rings. The standard InChI is InChI=1S/C19H16F2O5S.C17H14O2.C17H16O.C2H2F2O5S.2Na/c20-19(21,27(23,24)25)18(22)26-10-11-9-16-12-5-1-3-7-14(12)17(11)15-8-4-2-6-13(15)16;18-17(19)15-9-14-10-5-1-3-7-12(10)16(15)13-8-4-2-6-11(13)14;18-10-11-9-16-12-5-1-3-7-14(12)17(11)15-8-4-2-6-13(15)16;3-2(4,1(5)6)10(7,8)9;;/h1-8,11,16-17H,9-10H2,(H,23,24,25);1-8,14-16H,9H2,(H,18,19);1-8,11,16-18H,9-10H2;(H,5,6)(H,7,8,9);;/q;;;;2*+1/p-2. The summed E-state index contributed by atoms with van der Waals surface area (Å²) in [5.74, 6) is -5.08. The van der Waals surface area contributed by atoms with Crippen molar-refractivity contribution in [3.05, 3.63) is 212 Å². The molecule has 0 saturated carbocycles. The summed E-state index contributed by atoms with van der Waals surface area (Å²) in [5, 5.41) is 16.3. The Morgan fingerprint density at radius 2 is 0.750 bits per heavy atom. The molecule has 0 aromatic heterocycles. The third-order valence-electron chi connectivity index (χ3n) is 15.2. The zero-order chi connectivity index (χ0) is 53.1. The van der Waals surface area contributed by atoms with E-state index in [1.807, 2.05) is 60.7 Å². The Balaban J connectivity index is 0.000000153. The van der Waals surface area contributed by atoms with Crippen LogP contribution in [0, 0.1) is 17.8 Å². The number of benzene rings is 6. The molecule has 0 spiro atoms. The molecular formula is C55H46F4Na2O13S2. The topological polar surface area (TPSA) is 236 Å². The summed E-state index contributed by atoms with van der Waals surface area (Å²) in [4.78, 5) is 32.4. The predicted molar refractivity (Wildman–Crippen MR) is 257 cm³/mol. The van der Waals surface area contributed by atoms with Crippen LogP contribution in [0.1, 0.15) is 122 Å². The first-order valence-electron chi connectivity index (χ1n) is 23.5. The minimum absolute atomic E-state index is 0. The van der Waals surface area contributed by atoms with Crippen molar-refractivity contribution in [1.29, 1.82) is 0 Å². The van der Waals surface area contributed by atoms with E-state index in [9.17, 15) is 68.1 Å². The summed E-state index contributed by atoms with van der Waals surface area (Å²) in [5.41, 5.74) is 15.3. The number of carboxylic acids is 2. The van der Waals surface area contributed by atoms with Crippen molar-refractivity contribution in [3.63, 3.8) is 0 Å². The van der Waals surface area contributed by atoms with Crippen LogP contribution in [-0.2, 0) is 39.4 Å². The summed E-state index contributed by atoms with van der Waals surface area (Å²) < 4.78 is 114. The molecule has 6 aromatic rings. The average Bonchev–Trinajstić information content (AvgIpc) is 3.41. The van der Waals surface area contributed by atoms with Crippen LogP contribution in [0.25, 0.3) is 0 Å². The number of ether oxygens (including phenoxy) is 1. The third kappa shape index (κ3) is 10.6. The number of aliphatic hydroxyl groups is 1. The fourth-order valence-corrected chi connectivity index (χ4v) is 12.7. The van der Waals surface area contributed by atoms with Gasteiger partial charge >= 0.3 is 87.5 Å². The van der Waals surface area contributed by atoms with E-state index in [0.717, 1.165) is 35.1 Å². The van der Waals surface area contributed by atoms with Gasteiger partial charge in [0.15, 0.2) is 20.2 Å². The molecule has 15 rings (SSSR count). The van der Waals surface area contributed by atoms with Crippen molar-refractivity contribution >= 4 is 38.1 Å². The molecule has 0 aliphatic heterocycles. The van der Waals surface area contributed by atoms with E-state index in [4.69, 9.17) is 5.11 Å². The molecule has 6 bridgehead atoms. The van der Waals surface area contributed by atoms with Gasteiger partial charge in [0.1, 0.15) is 0 Å². The zero-order valence-electron chi connectivity index (χ0n) is 40.8. The first-order valence-corrected chi connectivity index (χ1v) is 26.3. The van der Waals surface area contributed by atoms with Gasteiger partial charge in [-0.1, -0.05) is 146 Å². The summed E-state index contributed by atoms with van der Waals surface area (Å²) in [6.45, 7) is -0.0857. The Labute approximate surface area is 479 Å². The predicted octanol–water partition coefficient (Wildman–Crippen LogP) is 2.83. The molecule has 3 N–H and O–H groups in total. The smallest absolute Gasteiger partial charge is 0.743 e. The minimum Gasteiger partial charge on any atom is -0.743 e. The quantitative estimate of drug-likeness (QED) is 0.0863.